The van der Waals surface area contributed by atoms with Gasteiger partial charge in [-0.15, -0.1) is 6.58 Å². The zero-order chi connectivity index (χ0) is 23.7. The molecule has 2 aromatic rings. The molecule has 2 aromatic carbocycles. The van der Waals surface area contributed by atoms with Crippen LogP contribution in [0.3, 0.4) is 0 Å². The Hall–Kier alpha value is -3.04. The molecule has 0 saturated carbocycles. The molecule has 0 saturated heterocycles. The molecule has 0 fully saturated rings. The maximum absolute atomic E-state index is 13.3. The Kier molecular flexibility index (Phi) is 9.10. The minimum Gasteiger partial charge on any atom is -0.351 e. The van der Waals surface area contributed by atoms with Gasteiger partial charge in [-0.2, -0.15) is 4.31 Å². The van der Waals surface area contributed by atoms with Crippen LogP contribution in [0.2, 0.25) is 0 Å². The molecule has 2 rings (SSSR count). The first-order valence-corrected chi connectivity index (χ1v) is 11.9. The van der Waals surface area contributed by atoms with Gasteiger partial charge in [0.1, 0.15) is 11.9 Å². The van der Waals surface area contributed by atoms with E-state index in [9.17, 15) is 22.4 Å². The lowest BCUT2D eigenvalue weighted by molar-refractivity contribution is -0.140. The van der Waals surface area contributed by atoms with E-state index in [1.165, 1.54) is 35.2 Å². The number of hydrogen-bond acceptors (Lipinski definition) is 4. The molecule has 0 aliphatic heterocycles. The third-order valence-corrected chi connectivity index (χ3v) is 6.03. The normalized spacial score (nSPS) is 12.2. The zero-order valence-corrected chi connectivity index (χ0v) is 19.0. The van der Waals surface area contributed by atoms with E-state index >= 15 is 0 Å². The first kappa shape index (κ1) is 25.2. The van der Waals surface area contributed by atoms with Gasteiger partial charge in [0.2, 0.25) is 21.8 Å². The second kappa shape index (κ2) is 11.5. The summed E-state index contributed by atoms with van der Waals surface area (Å²) in [5.74, 6) is -1.37. The lowest BCUT2D eigenvalue weighted by Crippen LogP contribution is -2.51. The number of sulfonamides is 1. The summed E-state index contributed by atoms with van der Waals surface area (Å²) < 4.78 is 39.1. The first-order valence-electron chi connectivity index (χ1n) is 10.0. The molecule has 0 spiro atoms. The van der Waals surface area contributed by atoms with Crippen molar-refractivity contribution in [2.45, 2.75) is 26.1 Å². The van der Waals surface area contributed by atoms with Gasteiger partial charge in [0.15, 0.2) is 0 Å². The molecular formula is C23H28FN3O4S. The number of nitrogens with zero attached hydrogens (tertiary/aromatic N) is 2. The van der Waals surface area contributed by atoms with Gasteiger partial charge in [0.05, 0.1) is 12.8 Å². The van der Waals surface area contributed by atoms with Crippen LogP contribution in [0.1, 0.15) is 18.1 Å². The SMILES string of the molecule is C=CCNC(=O)[C@@H](C)N(Cc1ccc(F)cc1)C(=O)CN(Cc1ccccc1)S(C)(=O)=O. The van der Waals surface area contributed by atoms with E-state index < -0.39 is 40.2 Å². The van der Waals surface area contributed by atoms with Gasteiger partial charge in [0, 0.05) is 19.6 Å². The lowest BCUT2D eigenvalue weighted by atomic mass is 10.1. The van der Waals surface area contributed by atoms with Gasteiger partial charge >= 0.3 is 0 Å². The maximum Gasteiger partial charge on any atom is 0.242 e. The van der Waals surface area contributed by atoms with E-state index in [1.807, 2.05) is 6.07 Å². The fourth-order valence-electron chi connectivity index (χ4n) is 3.01. The number of carbonyl (C=O) groups is 2. The summed E-state index contributed by atoms with van der Waals surface area (Å²) in [4.78, 5) is 27.0. The smallest absolute Gasteiger partial charge is 0.242 e. The van der Waals surface area contributed by atoms with Crippen LogP contribution in [0.15, 0.2) is 67.3 Å². The molecular weight excluding hydrogens is 433 g/mol. The van der Waals surface area contributed by atoms with E-state index in [4.69, 9.17) is 0 Å². The fourth-order valence-corrected chi connectivity index (χ4v) is 3.74. The largest absolute Gasteiger partial charge is 0.351 e. The van der Waals surface area contributed by atoms with Crippen molar-refractivity contribution >= 4 is 21.8 Å². The van der Waals surface area contributed by atoms with Crippen LogP contribution in [0.25, 0.3) is 0 Å². The molecule has 0 radical (unpaired) electrons. The van der Waals surface area contributed by atoms with Crippen LogP contribution in [-0.4, -0.2) is 54.8 Å². The highest BCUT2D eigenvalue weighted by Gasteiger charge is 2.29. The van der Waals surface area contributed by atoms with Crippen LogP contribution in [0.4, 0.5) is 4.39 Å². The fraction of sp³-hybridized carbons (Fsp3) is 0.304. The second-order valence-electron chi connectivity index (χ2n) is 7.37. The number of benzene rings is 2. The van der Waals surface area contributed by atoms with Crippen LogP contribution in [0, 0.1) is 5.82 Å². The molecule has 1 atom stereocenters. The molecule has 0 bridgehead atoms. The van der Waals surface area contributed by atoms with Gasteiger partial charge in [-0.05, 0) is 30.2 Å². The van der Waals surface area contributed by atoms with Crippen LogP contribution in [0.5, 0.6) is 0 Å². The predicted molar refractivity (Wildman–Crippen MR) is 121 cm³/mol. The average molecular weight is 462 g/mol. The first-order chi connectivity index (χ1) is 15.1. The summed E-state index contributed by atoms with van der Waals surface area (Å²) in [6.07, 6.45) is 2.55. The van der Waals surface area contributed by atoms with Crippen molar-refractivity contribution in [3.05, 3.63) is 84.2 Å². The van der Waals surface area contributed by atoms with Gasteiger partial charge in [0.25, 0.3) is 0 Å². The highest BCUT2D eigenvalue weighted by Crippen LogP contribution is 2.14. The topological polar surface area (TPSA) is 86.8 Å². The Balaban J connectivity index is 2.28. The molecule has 9 heteroatoms. The zero-order valence-electron chi connectivity index (χ0n) is 18.2. The Labute approximate surface area is 188 Å². The predicted octanol–water partition coefficient (Wildman–Crippen LogP) is 2.31. The molecule has 0 aromatic heterocycles. The summed E-state index contributed by atoms with van der Waals surface area (Å²) in [5.41, 5.74) is 1.34. The number of hydrogen-bond donors (Lipinski definition) is 1. The Morgan fingerprint density at radius 3 is 2.22 bits per heavy atom. The molecule has 0 unspecified atom stereocenters. The van der Waals surface area contributed by atoms with Crippen molar-refractivity contribution in [3.63, 3.8) is 0 Å². The van der Waals surface area contributed by atoms with Crippen LogP contribution < -0.4 is 5.32 Å². The van der Waals surface area contributed by atoms with Crippen molar-refractivity contribution in [2.75, 3.05) is 19.3 Å². The molecule has 1 N–H and O–H groups in total. The second-order valence-corrected chi connectivity index (χ2v) is 9.36. The number of nitrogens with one attached hydrogen (secondary N) is 1. The Bertz CT molecular complexity index is 1030. The quantitative estimate of drug-likeness (QED) is 0.521. The number of halogens is 1. The van der Waals surface area contributed by atoms with E-state index in [1.54, 1.807) is 31.2 Å². The molecule has 172 valence electrons. The molecule has 0 aliphatic carbocycles. The summed E-state index contributed by atoms with van der Waals surface area (Å²) in [6.45, 7) is 4.94. The van der Waals surface area contributed by atoms with Crippen molar-refractivity contribution in [1.82, 2.24) is 14.5 Å². The van der Waals surface area contributed by atoms with E-state index in [2.05, 4.69) is 11.9 Å². The number of carbonyl (C=O) groups excluding carboxylic acids is 2. The van der Waals surface area contributed by atoms with Crippen LogP contribution in [-0.2, 0) is 32.7 Å². The van der Waals surface area contributed by atoms with Gasteiger partial charge in [-0.3, -0.25) is 9.59 Å². The van der Waals surface area contributed by atoms with Crippen molar-refractivity contribution in [3.8, 4) is 0 Å². The molecule has 0 aliphatic rings. The van der Waals surface area contributed by atoms with Crippen molar-refractivity contribution in [1.29, 1.82) is 0 Å². The Morgan fingerprint density at radius 2 is 1.66 bits per heavy atom. The summed E-state index contributed by atoms with van der Waals surface area (Å²) in [7, 11) is -3.71. The van der Waals surface area contributed by atoms with Gasteiger partial charge < -0.3 is 10.2 Å². The summed E-state index contributed by atoms with van der Waals surface area (Å²) in [5, 5.41) is 2.64. The lowest BCUT2D eigenvalue weighted by Gasteiger charge is -2.31. The minimum absolute atomic E-state index is 0.0186. The van der Waals surface area contributed by atoms with Crippen LogP contribution >= 0.6 is 0 Å². The summed E-state index contributed by atoms with van der Waals surface area (Å²) >= 11 is 0. The highest BCUT2D eigenvalue weighted by atomic mass is 32.2. The third kappa shape index (κ3) is 7.58. The van der Waals surface area contributed by atoms with E-state index in [-0.39, 0.29) is 19.6 Å². The molecule has 2 amide bonds. The molecule has 32 heavy (non-hydrogen) atoms. The van der Waals surface area contributed by atoms with E-state index in [0.29, 0.717) is 5.56 Å². The van der Waals surface area contributed by atoms with Gasteiger partial charge in [-0.25, -0.2) is 12.8 Å². The molecule has 0 heterocycles. The number of amides is 2. The number of rotatable bonds is 11. The Morgan fingerprint density at radius 1 is 1.06 bits per heavy atom. The standard InChI is InChI=1S/C23H28FN3O4S/c1-4-14-25-23(29)18(2)27(16-20-10-12-21(24)13-11-20)22(28)17-26(32(3,30)31)15-19-8-6-5-7-9-19/h4-13,18H,1,14-17H2,2-3H3,(H,25,29)/t18-/m1/s1. The van der Waals surface area contributed by atoms with Crippen molar-refractivity contribution in [2.24, 2.45) is 0 Å². The monoisotopic (exact) mass is 461 g/mol. The average Bonchev–Trinajstić information content (AvgIpc) is 2.76. The van der Waals surface area contributed by atoms with Crippen molar-refractivity contribution < 1.29 is 22.4 Å². The summed E-state index contributed by atoms with van der Waals surface area (Å²) in [6, 6.07) is 13.6. The highest BCUT2D eigenvalue weighted by molar-refractivity contribution is 7.88. The van der Waals surface area contributed by atoms with Gasteiger partial charge in [-0.1, -0.05) is 48.5 Å². The third-order valence-electron chi connectivity index (χ3n) is 4.84. The minimum atomic E-state index is -3.71. The maximum atomic E-state index is 13.3. The van der Waals surface area contributed by atoms with E-state index in [0.717, 1.165) is 16.1 Å². The molecule has 7 nitrogen and oxygen atoms in total.